The zero-order valence-corrected chi connectivity index (χ0v) is 8.19. The molecule has 0 unspecified atom stereocenters. The summed E-state index contributed by atoms with van der Waals surface area (Å²) in [5.74, 6) is 0. The van der Waals surface area contributed by atoms with Crippen molar-refractivity contribution >= 4 is 0 Å². The number of hydrogen-bond donors (Lipinski definition) is 0. The maximum atomic E-state index is 8.21. The lowest BCUT2D eigenvalue weighted by Gasteiger charge is -2.31. The Balaban J connectivity index is 1.88. The molecule has 2 aliphatic rings. The summed E-state index contributed by atoms with van der Waals surface area (Å²) < 4.78 is 11.0. The van der Waals surface area contributed by atoms with E-state index in [4.69, 9.17) is 15.0 Å². The highest BCUT2D eigenvalue weighted by Gasteiger charge is 2.40. The molecule has 0 aromatic rings. The molecule has 0 aliphatic carbocycles. The van der Waals surface area contributed by atoms with Crippen molar-refractivity contribution in [2.75, 3.05) is 26.4 Å². The molecule has 0 N–H and O–H groups in total. The maximum Gasteiger partial charge on any atom is 0.0637 e. The van der Waals surface area contributed by atoms with Crippen molar-refractivity contribution in [3.63, 3.8) is 0 Å². The van der Waals surface area contributed by atoms with Gasteiger partial charge in [-0.25, -0.2) is 0 Å². The van der Waals surface area contributed by atoms with Crippen LogP contribution in [0, 0.1) is 5.41 Å². The molecule has 5 nitrogen and oxygen atoms in total. The van der Waals surface area contributed by atoms with Crippen LogP contribution in [0.5, 0.6) is 0 Å². The molecule has 0 aromatic carbocycles. The summed E-state index contributed by atoms with van der Waals surface area (Å²) in [6.07, 6.45) is 3.32. The molecule has 2 saturated heterocycles. The van der Waals surface area contributed by atoms with Crippen molar-refractivity contribution in [2.45, 2.75) is 25.4 Å². The predicted molar refractivity (Wildman–Crippen MR) is 50.9 cm³/mol. The summed E-state index contributed by atoms with van der Waals surface area (Å²) in [6, 6.07) is 0. The van der Waals surface area contributed by atoms with Gasteiger partial charge in [0.05, 0.1) is 19.3 Å². The molecule has 2 heterocycles. The molecule has 0 aromatic heterocycles. The molecule has 0 saturated carbocycles. The van der Waals surface area contributed by atoms with Gasteiger partial charge in [0, 0.05) is 23.5 Å². The number of nitrogens with zero attached hydrogens (tertiary/aromatic N) is 3. The van der Waals surface area contributed by atoms with Gasteiger partial charge in [0.15, 0.2) is 0 Å². The molecule has 78 valence electrons. The van der Waals surface area contributed by atoms with E-state index >= 15 is 0 Å². The Labute approximate surface area is 83.0 Å². The van der Waals surface area contributed by atoms with Gasteiger partial charge in [0.1, 0.15) is 0 Å². The SMILES string of the molecule is [N-]=[N+]=NC[C@H]1CC2(CCOCC2)CO1. The molecule has 2 aliphatic heterocycles. The van der Waals surface area contributed by atoms with Gasteiger partial charge in [0.25, 0.3) is 0 Å². The van der Waals surface area contributed by atoms with Gasteiger partial charge in [-0.2, -0.15) is 0 Å². The Morgan fingerprint density at radius 3 is 2.93 bits per heavy atom. The summed E-state index contributed by atoms with van der Waals surface area (Å²) in [6.45, 7) is 2.97. The van der Waals surface area contributed by atoms with Crippen molar-refractivity contribution in [2.24, 2.45) is 10.5 Å². The van der Waals surface area contributed by atoms with Crippen LogP contribution in [0.4, 0.5) is 0 Å². The van der Waals surface area contributed by atoms with Crippen molar-refractivity contribution in [1.29, 1.82) is 0 Å². The maximum absolute atomic E-state index is 8.21. The predicted octanol–water partition coefficient (Wildman–Crippen LogP) is 1.88. The van der Waals surface area contributed by atoms with Crippen molar-refractivity contribution in [1.82, 2.24) is 0 Å². The molecule has 0 amide bonds. The summed E-state index contributed by atoms with van der Waals surface area (Å²) in [5.41, 5.74) is 8.52. The third-order valence-electron chi connectivity index (χ3n) is 3.19. The van der Waals surface area contributed by atoms with Crippen LogP contribution < -0.4 is 0 Å². The van der Waals surface area contributed by atoms with E-state index in [1.54, 1.807) is 0 Å². The number of rotatable bonds is 2. The van der Waals surface area contributed by atoms with Crippen LogP contribution in [-0.2, 0) is 9.47 Å². The number of hydrogen-bond acceptors (Lipinski definition) is 3. The van der Waals surface area contributed by atoms with Crippen LogP contribution in [0.3, 0.4) is 0 Å². The molecule has 1 spiro atoms. The van der Waals surface area contributed by atoms with Crippen LogP contribution in [0.2, 0.25) is 0 Å². The van der Waals surface area contributed by atoms with Gasteiger partial charge in [-0.05, 0) is 24.8 Å². The molecule has 2 rings (SSSR count). The van der Waals surface area contributed by atoms with E-state index in [9.17, 15) is 0 Å². The van der Waals surface area contributed by atoms with E-state index in [1.165, 1.54) is 0 Å². The van der Waals surface area contributed by atoms with Gasteiger partial charge < -0.3 is 9.47 Å². The molecular formula is C9H15N3O2. The fraction of sp³-hybridized carbons (Fsp3) is 1.00. The Morgan fingerprint density at radius 2 is 2.21 bits per heavy atom. The fourth-order valence-electron chi connectivity index (χ4n) is 2.29. The van der Waals surface area contributed by atoms with E-state index < -0.39 is 0 Å². The Kier molecular flexibility index (Phi) is 2.91. The second-order valence-electron chi connectivity index (χ2n) is 4.16. The Bertz CT molecular complexity index is 244. The highest BCUT2D eigenvalue weighted by molar-refractivity contribution is 4.90. The van der Waals surface area contributed by atoms with Crippen LogP contribution in [-0.4, -0.2) is 32.5 Å². The van der Waals surface area contributed by atoms with Gasteiger partial charge >= 0.3 is 0 Å². The largest absolute Gasteiger partial charge is 0.381 e. The van der Waals surface area contributed by atoms with Crippen LogP contribution in [0.15, 0.2) is 5.11 Å². The lowest BCUT2D eigenvalue weighted by atomic mass is 9.78. The minimum Gasteiger partial charge on any atom is -0.381 e. The summed E-state index contributed by atoms with van der Waals surface area (Å²) in [7, 11) is 0. The van der Waals surface area contributed by atoms with Crippen molar-refractivity contribution in [3.8, 4) is 0 Å². The lowest BCUT2D eigenvalue weighted by Crippen LogP contribution is -2.30. The van der Waals surface area contributed by atoms with Crippen LogP contribution in [0.25, 0.3) is 10.4 Å². The third kappa shape index (κ3) is 2.00. The second-order valence-corrected chi connectivity index (χ2v) is 4.16. The summed E-state index contributed by atoms with van der Waals surface area (Å²) >= 11 is 0. The van der Waals surface area contributed by atoms with E-state index in [1.807, 2.05) is 0 Å². The monoisotopic (exact) mass is 197 g/mol. The van der Waals surface area contributed by atoms with Crippen LogP contribution >= 0.6 is 0 Å². The standard InChI is InChI=1S/C9H15N3O2/c10-12-11-6-8-5-9(7-14-8)1-3-13-4-2-9/h8H,1-7H2/t8-/m1/s1. The highest BCUT2D eigenvalue weighted by Crippen LogP contribution is 2.41. The average Bonchev–Trinajstić information content (AvgIpc) is 2.60. The lowest BCUT2D eigenvalue weighted by molar-refractivity contribution is 0.00722. The molecule has 1 atom stereocenters. The zero-order chi connectivity index (χ0) is 9.86. The topological polar surface area (TPSA) is 67.2 Å². The molecule has 5 heteroatoms. The quantitative estimate of drug-likeness (QED) is 0.385. The minimum atomic E-state index is 0.129. The minimum absolute atomic E-state index is 0.129. The normalized spacial score (nSPS) is 30.1. The molecule has 14 heavy (non-hydrogen) atoms. The molecular weight excluding hydrogens is 182 g/mol. The number of azide groups is 1. The Morgan fingerprint density at radius 1 is 1.43 bits per heavy atom. The Hall–Kier alpha value is -0.770. The zero-order valence-electron chi connectivity index (χ0n) is 8.19. The van der Waals surface area contributed by atoms with Crippen LogP contribution in [0.1, 0.15) is 19.3 Å². The first-order valence-electron chi connectivity index (χ1n) is 5.05. The third-order valence-corrected chi connectivity index (χ3v) is 3.19. The van der Waals surface area contributed by atoms with Gasteiger partial charge in [0.2, 0.25) is 0 Å². The molecule has 2 fully saturated rings. The van der Waals surface area contributed by atoms with E-state index in [2.05, 4.69) is 10.0 Å². The first kappa shape index (κ1) is 9.77. The smallest absolute Gasteiger partial charge is 0.0637 e. The van der Waals surface area contributed by atoms with Crippen molar-refractivity contribution in [3.05, 3.63) is 10.4 Å². The van der Waals surface area contributed by atoms with Crippen molar-refractivity contribution < 1.29 is 9.47 Å². The van der Waals surface area contributed by atoms with E-state index in [-0.39, 0.29) is 6.10 Å². The first-order chi connectivity index (χ1) is 6.85. The summed E-state index contributed by atoms with van der Waals surface area (Å²) in [4.78, 5) is 2.75. The van der Waals surface area contributed by atoms with Gasteiger partial charge in [-0.15, -0.1) is 0 Å². The molecule has 0 bridgehead atoms. The van der Waals surface area contributed by atoms with Gasteiger partial charge in [-0.3, -0.25) is 0 Å². The summed E-state index contributed by atoms with van der Waals surface area (Å²) in [5, 5.41) is 3.56. The average molecular weight is 197 g/mol. The molecule has 0 radical (unpaired) electrons. The fourth-order valence-corrected chi connectivity index (χ4v) is 2.29. The van der Waals surface area contributed by atoms with Gasteiger partial charge in [-0.1, -0.05) is 5.11 Å². The first-order valence-corrected chi connectivity index (χ1v) is 5.05. The second kappa shape index (κ2) is 4.17. The highest BCUT2D eigenvalue weighted by atomic mass is 16.5. The number of ether oxygens (including phenoxy) is 2. The van der Waals surface area contributed by atoms with E-state index in [0.717, 1.165) is 39.1 Å². The van der Waals surface area contributed by atoms with E-state index in [0.29, 0.717) is 12.0 Å².